The van der Waals surface area contributed by atoms with Crippen molar-refractivity contribution >= 4 is 29.5 Å². The Labute approximate surface area is 133 Å². The molecule has 0 saturated carbocycles. The fourth-order valence-corrected chi connectivity index (χ4v) is 1.78. The van der Waals surface area contributed by atoms with Gasteiger partial charge in [0.25, 0.3) is 5.91 Å². The zero-order valence-corrected chi connectivity index (χ0v) is 13.0. The summed E-state index contributed by atoms with van der Waals surface area (Å²) in [6.45, 7) is 3.57. The molecule has 0 aliphatic carbocycles. The molecule has 0 aliphatic rings. The summed E-state index contributed by atoms with van der Waals surface area (Å²) in [5, 5.41) is 10.8. The van der Waals surface area contributed by atoms with E-state index in [-0.39, 0.29) is 5.91 Å². The molecule has 1 heterocycles. The number of anilines is 1. The Morgan fingerprint density at radius 1 is 1.50 bits per heavy atom. The van der Waals surface area contributed by atoms with Crippen molar-refractivity contribution in [2.24, 2.45) is 5.16 Å². The molecule has 1 amide bonds. The van der Waals surface area contributed by atoms with Crippen molar-refractivity contribution in [3.63, 3.8) is 0 Å². The first-order chi connectivity index (χ1) is 10.6. The second-order valence-electron chi connectivity index (χ2n) is 4.60. The highest BCUT2D eigenvalue weighted by atomic mass is 35.5. The van der Waals surface area contributed by atoms with Crippen LogP contribution in [-0.2, 0) is 9.63 Å². The minimum atomic E-state index is -0.708. The van der Waals surface area contributed by atoms with Crippen LogP contribution in [0.1, 0.15) is 24.7 Å². The van der Waals surface area contributed by atoms with E-state index in [0.29, 0.717) is 23.0 Å². The summed E-state index contributed by atoms with van der Waals surface area (Å²) in [4.78, 5) is 17.3. The van der Waals surface area contributed by atoms with Gasteiger partial charge in [0, 0.05) is 11.1 Å². The van der Waals surface area contributed by atoms with Crippen LogP contribution in [0, 0.1) is 6.92 Å². The molecule has 1 unspecified atom stereocenters. The Morgan fingerprint density at radius 2 is 2.23 bits per heavy atom. The van der Waals surface area contributed by atoms with E-state index in [1.165, 1.54) is 6.21 Å². The molecule has 0 aliphatic heterocycles. The number of benzene rings is 1. The first kappa shape index (κ1) is 16.0. The lowest BCUT2D eigenvalue weighted by Crippen LogP contribution is -2.28. The molecule has 0 saturated heterocycles. The zero-order valence-electron chi connectivity index (χ0n) is 12.2. The van der Waals surface area contributed by atoms with Crippen LogP contribution < -0.4 is 5.32 Å². The van der Waals surface area contributed by atoms with E-state index in [1.54, 1.807) is 37.3 Å². The van der Waals surface area contributed by atoms with Gasteiger partial charge < -0.3 is 14.7 Å². The lowest BCUT2D eigenvalue weighted by atomic mass is 10.2. The van der Waals surface area contributed by atoms with Crippen LogP contribution in [0.15, 0.2) is 40.0 Å². The van der Waals surface area contributed by atoms with Crippen molar-refractivity contribution in [2.45, 2.75) is 26.4 Å². The van der Waals surface area contributed by atoms with E-state index in [9.17, 15) is 4.79 Å². The largest absolute Gasteiger partial charge is 0.382 e. The second kappa shape index (κ2) is 7.61. The molecule has 1 atom stereocenters. The Hall–Kier alpha value is -2.34. The van der Waals surface area contributed by atoms with Crippen LogP contribution in [0.3, 0.4) is 0 Å². The van der Waals surface area contributed by atoms with E-state index < -0.39 is 6.10 Å². The molecule has 2 aromatic rings. The third-order valence-electron chi connectivity index (χ3n) is 2.80. The molecular weight excluding hydrogens is 306 g/mol. The van der Waals surface area contributed by atoms with E-state index in [4.69, 9.17) is 21.0 Å². The van der Waals surface area contributed by atoms with Crippen molar-refractivity contribution in [1.82, 2.24) is 5.16 Å². The van der Waals surface area contributed by atoms with Gasteiger partial charge in [-0.1, -0.05) is 41.0 Å². The van der Waals surface area contributed by atoms with E-state index in [2.05, 4.69) is 15.6 Å². The lowest BCUT2D eigenvalue weighted by Gasteiger charge is -2.11. The van der Waals surface area contributed by atoms with E-state index >= 15 is 0 Å². The van der Waals surface area contributed by atoms with Crippen molar-refractivity contribution in [3.05, 3.63) is 46.7 Å². The number of rotatable bonds is 6. The standard InChI is InChI=1S/C15H16ClN3O3/c1-3-13(15(20)18-14-8-10(2)21-19-14)22-17-9-11-4-6-12(16)7-5-11/h4-9,13H,3H2,1-2H3,(H,18,19,20)/b17-9+. The van der Waals surface area contributed by atoms with Crippen LogP contribution in [0.25, 0.3) is 0 Å². The van der Waals surface area contributed by atoms with Crippen LogP contribution in [0.2, 0.25) is 5.02 Å². The van der Waals surface area contributed by atoms with Gasteiger partial charge >= 0.3 is 0 Å². The summed E-state index contributed by atoms with van der Waals surface area (Å²) in [5.41, 5.74) is 0.826. The van der Waals surface area contributed by atoms with Crippen LogP contribution in [0.5, 0.6) is 0 Å². The lowest BCUT2D eigenvalue weighted by molar-refractivity contribution is -0.127. The summed E-state index contributed by atoms with van der Waals surface area (Å²) in [7, 11) is 0. The fraction of sp³-hybridized carbons (Fsp3) is 0.267. The number of nitrogens with one attached hydrogen (secondary N) is 1. The van der Waals surface area contributed by atoms with Crippen molar-refractivity contribution in [1.29, 1.82) is 0 Å². The van der Waals surface area contributed by atoms with Crippen molar-refractivity contribution in [2.75, 3.05) is 5.32 Å². The van der Waals surface area contributed by atoms with Crippen LogP contribution in [-0.4, -0.2) is 23.4 Å². The van der Waals surface area contributed by atoms with Crippen LogP contribution >= 0.6 is 11.6 Å². The predicted molar refractivity (Wildman–Crippen MR) is 84.1 cm³/mol. The highest BCUT2D eigenvalue weighted by molar-refractivity contribution is 6.30. The molecule has 7 heteroatoms. The summed E-state index contributed by atoms with van der Waals surface area (Å²) in [5.74, 6) is 0.639. The molecule has 2 rings (SSSR count). The van der Waals surface area contributed by atoms with Gasteiger partial charge in [0.1, 0.15) is 5.76 Å². The van der Waals surface area contributed by atoms with Crippen molar-refractivity contribution in [3.8, 4) is 0 Å². The number of hydrogen-bond acceptors (Lipinski definition) is 5. The second-order valence-corrected chi connectivity index (χ2v) is 5.04. The molecule has 6 nitrogen and oxygen atoms in total. The topological polar surface area (TPSA) is 76.7 Å². The molecule has 0 fully saturated rings. The molecule has 116 valence electrons. The van der Waals surface area contributed by atoms with Gasteiger partial charge in [-0.3, -0.25) is 4.79 Å². The number of aromatic nitrogens is 1. The average molecular weight is 322 g/mol. The maximum absolute atomic E-state index is 12.0. The van der Waals surface area contributed by atoms with E-state index in [0.717, 1.165) is 5.56 Å². The number of carbonyl (C=O) groups is 1. The molecule has 22 heavy (non-hydrogen) atoms. The quantitative estimate of drug-likeness (QED) is 0.653. The minimum absolute atomic E-state index is 0.330. The number of aryl methyl sites for hydroxylation is 1. The Kier molecular flexibility index (Phi) is 5.55. The number of oxime groups is 1. The van der Waals surface area contributed by atoms with Crippen molar-refractivity contribution < 1.29 is 14.2 Å². The normalized spacial score (nSPS) is 12.3. The number of halogens is 1. The Bertz CT molecular complexity index is 652. The molecule has 0 bridgehead atoms. The minimum Gasteiger partial charge on any atom is -0.382 e. The highest BCUT2D eigenvalue weighted by Crippen LogP contribution is 2.10. The van der Waals surface area contributed by atoms with Crippen LogP contribution in [0.4, 0.5) is 5.82 Å². The number of hydrogen-bond donors (Lipinski definition) is 1. The SMILES string of the molecule is CCC(O/N=C/c1ccc(Cl)cc1)C(=O)Nc1cc(C)on1. The monoisotopic (exact) mass is 321 g/mol. The maximum Gasteiger partial charge on any atom is 0.269 e. The number of amides is 1. The first-order valence-corrected chi connectivity index (χ1v) is 7.15. The molecular formula is C15H16ClN3O3. The van der Waals surface area contributed by atoms with Gasteiger partial charge in [0.15, 0.2) is 5.82 Å². The third-order valence-corrected chi connectivity index (χ3v) is 3.05. The smallest absolute Gasteiger partial charge is 0.269 e. The highest BCUT2D eigenvalue weighted by Gasteiger charge is 2.19. The fourth-order valence-electron chi connectivity index (χ4n) is 1.65. The zero-order chi connectivity index (χ0) is 15.9. The Morgan fingerprint density at radius 3 is 2.82 bits per heavy atom. The molecule has 0 spiro atoms. The van der Waals surface area contributed by atoms with Gasteiger partial charge in [-0.2, -0.15) is 0 Å². The van der Waals surface area contributed by atoms with E-state index in [1.807, 2.05) is 6.92 Å². The maximum atomic E-state index is 12.0. The summed E-state index contributed by atoms with van der Waals surface area (Å²) < 4.78 is 4.88. The van der Waals surface area contributed by atoms with Gasteiger partial charge in [-0.25, -0.2) is 0 Å². The molecule has 1 aromatic carbocycles. The molecule has 0 radical (unpaired) electrons. The average Bonchev–Trinajstić information content (AvgIpc) is 2.90. The van der Waals surface area contributed by atoms with Gasteiger partial charge in [-0.05, 0) is 31.0 Å². The summed E-state index contributed by atoms with van der Waals surface area (Å²) in [6.07, 6.45) is 1.29. The van der Waals surface area contributed by atoms with Gasteiger partial charge in [-0.15, -0.1) is 0 Å². The first-order valence-electron chi connectivity index (χ1n) is 6.77. The third kappa shape index (κ3) is 4.60. The van der Waals surface area contributed by atoms with Gasteiger partial charge in [0.05, 0.1) is 6.21 Å². The number of carbonyl (C=O) groups excluding carboxylic acids is 1. The molecule has 1 N–H and O–H groups in total. The number of nitrogens with zero attached hydrogens (tertiary/aromatic N) is 2. The van der Waals surface area contributed by atoms with Gasteiger partial charge in [0.2, 0.25) is 6.10 Å². The molecule has 1 aromatic heterocycles. The Balaban J connectivity index is 1.90. The summed E-state index contributed by atoms with van der Waals surface area (Å²) >= 11 is 5.80. The summed E-state index contributed by atoms with van der Waals surface area (Å²) in [6, 6.07) is 8.73. The predicted octanol–water partition coefficient (Wildman–Crippen LogP) is 3.40.